The summed E-state index contributed by atoms with van der Waals surface area (Å²) in [5, 5.41) is 7.48. The van der Waals surface area contributed by atoms with Gasteiger partial charge in [0.2, 0.25) is 5.91 Å². The van der Waals surface area contributed by atoms with Gasteiger partial charge in [-0.3, -0.25) is 19.3 Å². The Kier molecular flexibility index (Phi) is 5.85. The summed E-state index contributed by atoms with van der Waals surface area (Å²) >= 11 is 0. The first-order valence-corrected chi connectivity index (χ1v) is 10.7. The van der Waals surface area contributed by atoms with E-state index in [4.69, 9.17) is 0 Å². The second kappa shape index (κ2) is 8.55. The molecule has 8 nitrogen and oxygen atoms in total. The zero-order chi connectivity index (χ0) is 21.3. The lowest BCUT2D eigenvalue weighted by Crippen LogP contribution is -2.53. The van der Waals surface area contributed by atoms with E-state index in [-0.39, 0.29) is 23.1 Å². The Morgan fingerprint density at radius 1 is 1.00 bits per heavy atom. The Hall–Kier alpha value is -2.74. The smallest absolute Gasteiger partial charge is 0.275 e. The highest BCUT2D eigenvalue weighted by Crippen LogP contribution is 2.21. The summed E-state index contributed by atoms with van der Waals surface area (Å²) in [5.74, 6) is 1.09. The van der Waals surface area contributed by atoms with Crippen molar-refractivity contribution in [2.45, 2.75) is 20.3 Å². The molecule has 4 rings (SSSR count). The van der Waals surface area contributed by atoms with Crippen LogP contribution >= 0.6 is 0 Å². The van der Waals surface area contributed by atoms with Gasteiger partial charge in [-0.1, -0.05) is 32.0 Å². The third-order valence-corrected chi connectivity index (χ3v) is 6.14. The third kappa shape index (κ3) is 4.23. The topological polar surface area (TPSA) is 89.6 Å². The van der Waals surface area contributed by atoms with E-state index in [2.05, 4.69) is 28.9 Å². The molecule has 2 aliphatic rings. The molecule has 0 saturated carbocycles. The van der Waals surface area contributed by atoms with Crippen molar-refractivity contribution in [2.75, 3.05) is 45.8 Å². The van der Waals surface area contributed by atoms with Crippen LogP contribution in [0.4, 0.5) is 0 Å². The highest BCUT2D eigenvalue weighted by atomic mass is 16.2. The molecule has 1 N–H and O–H groups in total. The van der Waals surface area contributed by atoms with Gasteiger partial charge in [0.15, 0.2) is 5.69 Å². The second-order valence-corrected chi connectivity index (χ2v) is 8.76. The maximum atomic E-state index is 13.0. The zero-order valence-electron chi connectivity index (χ0n) is 17.6. The number of nitrogens with one attached hydrogen (secondary N) is 1. The highest BCUT2D eigenvalue weighted by molar-refractivity contribution is 6.04. The van der Waals surface area contributed by atoms with Crippen LogP contribution in [0.3, 0.4) is 0 Å². The molecule has 3 heterocycles. The number of benzene rings is 1. The fourth-order valence-electron chi connectivity index (χ4n) is 4.69. The van der Waals surface area contributed by atoms with Crippen LogP contribution in [-0.2, 0) is 4.79 Å². The van der Waals surface area contributed by atoms with Crippen LogP contribution in [-0.4, -0.2) is 82.5 Å². The van der Waals surface area contributed by atoms with E-state index in [1.165, 1.54) is 6.42 Å². The van der Waals surface area contributed by atoms with Crippen molar-refractivity contribution in [3.8, 4) is 0 Å². The van der Waals surface area contributed by atoms with Gasteiger partial charge >= 0.3 is 0 Å². The van der Waals surface area contributed by atoms with Gasteiger partial charge in [-0.2, -0.15) is 5.10 Å². The largest absolute Gasteiger partial charge is 0.341 e. The molecule has 2 aromatic rings. The van der Waals surface area contributed by atoms with Gasteiger partial charge < -0.3 is 9.80 Å². The van der Waals surface area contributed by atoms with Gasteiger partial charge in [0, 0.05) is 44.7 Å². The van der Waals surface area contributed by atoms with Gasteiger partial charge in [-0.15, -0.1) is 0 Å². The molecule has 0 aliphatic carbocycles. The molecule has 2 fully saturated rings. The number of piperidine rings is 1. The van der Waals surface area contributed by atoms with Crippen LogP contribution < -0.4 is 5.56 Å². The van der Waals surface area contributed by atoms with Crippen molar-refractivity contribution >= 4 is 22.6 Å². The molecule has 2 amide bonds. The fraction of sp³-hybridized carbons (Fsp3) is 0.545. The van der Waals surface area contributed by atoms with E-state index in [1.807, 2.05) is 4.90 Å². The lowest BCUT2D eigenvalue weighted by atomic mass is 9.92. The Labute approximate surface area is 175 Å². The first-order chi connectivity index (χ1) is 14.4. The van der Waals surface area contributed by atoms with Crippen molar-refractivity contribution in [1.29, 1.82) is 0 Å². The molecule has 0 spiro atoms. The molecule has 2 aliphatic heterocycles. The van der Waals surface area contributed by atoms with Gasteiger partial charge in [-0.25, -0.2) is 5.10 Å². The van der Waals surface area contributed by atoms with Crippen molar-refractivity contribution < 1.29 is 9.59 Å². The van der Waals surface area contributed by atoms with Gasteiger partial charge in [0.25, 0.3) is 11.5 Å². The number of aromatic amines is 1. The average Bonchev–Trinajstić information content (AvgIpc) is 2.73. The molecule has 0 bridgehead atoms. The molecule has 2 saturated heterocycles. The van der Waals surface area contributed by atoms with Crippen molar-refractivity contribution in [3.63, 3.8) is 0 Å². The summed E-state index contributed by atoms with van der Waals surface area (Å²) in [5.41, 5.74) is -0.0298. The zero-order valence-corrected chi connectivity index (χ0v) is 17.6. The first-order valence-electron chi connectivity index (χ1n) is 10.7. The number of carbonyl (C=O) groups excluding carboxylic acids is 2. The van der Waals surface area contributed by atoms with E-state index in [0.717, 1.165) is 13.1 Å². The Balaban J connectivity index is 1.37. The predicted octanol–water partition coefficient (Wildman–Crippen LogP) is 1.19. The van der Waals surface area contributed by atoms with E-state index < -0.39 is 0 Å². The molecule has 2 unspecified atom stereocenters. The van der Waals surface area contributed by atoms with Crippen LogP contribution in [0, 0.1) is 11.8 Å². The highest BCUT2D eigenvalue weighted by Gasteiger charge is 2.29. The summed E-state index contributed by atoms with van der Waals surface area (Å²) in [7, 11) is 0. The Bertz CT molecular complexity index is 986. The number of carbonyl (C=O) groups is 2. The molecular formula is C22H29N5O3. The Morgan fingerprint density at radius 3 is 2.30 bits per heavy atom. The lowest BCUT2D eigenvalue weighted by Gasteiger charge is -2.38. The molecule has 1 aromatic heterocycles. The summed E-state index contributed by atoms with van der Waals surface area (Å²) in [4.78, 5) is 43.6. The number of amides is 2. The van der Waals surface area contributed by atoms with Crippen LogP contribution in [0.15, 0.2) is 29.1 Å². The van der Waals surface area contributed by atoms with Crippen LogP contribution in [0.2, 0.25) is 0 Å². The number of likely N-dealkylation sites (tertiary alicyclic amines) is 1. The number of fused-ring (bicyclic) bond motifs is 1. The second-order valence-electron chi connectivity index (χ2n) is 8.76. The SMILES string of the molecule is CC1CC(C)CN(C(=O)CN2CCN(C(=O)c3n[nH]c(=O)c4ccccc34)CC2)C1. The number of piperazine rings is 1. The normalized spacial score (nSPS) is 23.0. The number of hydrogen-bond acceptors (Lipinski definition) is 5. The molecule has 1 aromatic carbocycles. The molecule has 160 valence electrons. The van der Waals surface area contributed by atoms with E-state index in [9.17, 15) is 14.4 Å². The van der Waals surface area contributed by atoms with Crippen molar-refractivity contribution in [3.05, 3.63) is 40.3 Å². The van der Waals surface area contributed by atoms with Gasteiger partial charge in [0.05, 0.1) is 11.9 Å². The molecule has 30 heavy (non-hydrogen) atoms. The number of nitrogens with zero attached hydrogens (tertiary/aromatic N) is 4. The Morgan fingerprint density at radius 2 is 1.63 bits per heavy atom. The number of aromatic nitrogens is 2. The fourth-order valence-corrected chi connectivity index (χ4v) is 4.69. The van der Waals surface area contributed by atoms with Crippen molar-refractivity contribution in [1.82, 2.24) is 24.9 Å². The van der Waals surface area contributed by atoms with E-state index >= 15 is 0 Å². The predicted molar refractivity (Wildman–Crippen MR) is 114 cm³/mol. The minimum Gasteiger partial charge on any atom is -0.341 e. The summed E-state index contributed by atoms with van der Waals surface area (Å²) in [6.45, 7) is 8.86. The molecule has 0 radical (unpaired) electrons. The van der Waals surface area contributed by atoms with E-state index in [0.29, 0.717) is 55.3 Å². The number of hydrogen-bond donors (Lipinski definition) is 1. The minimum absolute atomic E-state index is 0.182. The van der Waals surface area contributed by atoms with Gasteiger partial charge in [-0.05, 0) is 24.3 Å². The average molecular weight is 412 g/mol. The third-order valence-electron chi connectivity index (χ3n) is 6.14. The number of rotatable bonds is 3. The molecular weight excluding hydrogens is 382 g/mol. The first kappa shape index (κ1) is 20.5. The van der Waals surface area contributed by atoms with Crippen molar-refractivity contribution in [2.24, 2.45) is 11.8 Å². The standard InChI is InChI=1S/C22H29N5O3/c1-15-11-16(2)13-27(12-15)19(28)14-25-7-9-26(10-8-25)22(30)20-17-5-3-4-6-18(17)21(29)24-23-20/h3-6,15-16H,7-14H2,1-2H3,(H,24,29). The quantitative estimate of drug-likeness (QED) is 0.819. The van der Waals surface area contributed by atoms with Crippen LogP contribution in [0.1, 0.15) is 30.8 Å². The molecule has 2 atom stereocenters. The van der Waals surface area contributed by atoms with E-state index in [1.54, 1.807) is 29.2 Å². The number of H-pyrrole nitrogens is 1. The monoisotopic (exact) mass is 411 g/mol. The maximum Gasteiger partial charge on any atom is 0.275 e. The molecule has 8 heteroatoms. The maximum absolute atomic E-state index is 13.0. The summed E-state index contributed by atoms with van der Waals surface area (Å²) in [6, 6.07) is 7.01. The lowest BCUT2D eigenvalue weighted by molar-refractivity contribution is -0.135. The summed E-state index contributed by atoms with van der Waals surface area (Å²) < 4.78 is 0. The van der Waals surface area contributed by atoms with Crippen LogP contribution in [0.25, 0.3) is 10.8 Å². The summed E-state index contributed by atoms with van der Waals surface area (Å²) in [6.07, 6.45) is 1.18. The van der Waals surface area contributed by atoms with Gasteiger partial charge in [0.1, 0.15) is 0 Å². The minimum atomic E-state index is -0.299. The van der Waals surface area contributed by atoms with Crippen LogP contribution in [0.5, 0.6) is 0 Å².